The molecule has 9 heteroatoms. The predicted molar refractivity (Wildman–Crippen MR) is 116 cm³/mol. The maximum absolute atomic E-state index is 12.4. The van der Waals surface area contributed by atoms with Gasteiger partial charge in [0.15, 0.2) is 0 Å². The van der Waals surface area contributed by atoms with Crippen LogP contribution in [0.15, 0.2) is 51.6 Å². The van der Waals surface area contributed by atoms with Gasteiger partial charge >= 0.3 is 0 Å². The summed E-state index contributed by atoms with van der Waals surface area (Å²) in [7, 11) is 3.14. The number of amides is 3. The molecule has 0 aromatic heterocycles. The van der Waals surface area contributed by atoms with Crippen molar-refractivity contribution >= 4 is 23.4 Å². The monoisotopic (exact) mass is 414 g/mol. The van der Waals surface area contributed by atoms with E-state index in [2.05, 4.69) is 10.3 Å². The Kier molecular flexibility index (Phi) is 7.57. The number of imide groups is 1. The van der Waals surface area contributed by atoms with Crippen LogP contribution in [-0.4, -0.2) is 60.4 Å². The van der Waals surface area contributed by atoms with E-state index in [1.54, 1.807) is 18.0 Å². The first kappa shape index (κ1) is 22.9. The smallest absolute Gasteiger partial charge is 0.277 e. The highest BCUT2D eigenvalue weighted by Crippen LogP contribution is 2.30. The summed E-state index contributed by atoms with van der Waals surface area (Å²) in [6.07, 6.45) is 7.14. The lowest BCUT2D eigenvalue weighted by atomic mass is 10.0. The molecule has 0 aromatic carbocycles. The van der Waals surface area contributed by atoms with Crippen molar-refractivity contribution in [3.63, 3.8) is 0 Å². The molecule has 2 aliphatic rings. The Morgan fingerprint density at radius 1 is 1.23 bits per heavy atom. The Hall–Kier alpha value is -3.36. The van der Waals surface area contributed by atoms with E-state index in [1.807, 2.05) is 19.9 Å². The van der Waals surface area contributed by atoms with E-state index >= 15 is 0 Å². The molecule has 0 aliphatic carbocycles. The van der Waals surface area contributed by atoms with E-state index in [9.17, 15) is 14.4 Å². The zero-order valence-electron chi connectivity index (χ0n) is 18.0. The molecular weight excluding hydrogens is 384 g/mol. The van der Waals surface area contributed by atoms with Gasteiger partial charge in [0.25, 0.3) is 11.8 Å². The fourth-order valence-corrected chi connectivity index (χ4v) is 3.44. The van der Waals surface area contributed by atoms with Crippen LogP contribution >= 0.6 is 0 Å². The van der Waals surface area contributed by atoms with Crippen molar-refractivity contribution in [2.75, 3.05) is 27.2 Å². The highest BCUT2D eigenvalue weighted by atomic mass is 16.2. The van der Waals surface area contributed by atoms with Crippen LogP contribution in [-0.2, 0) is 14.4 Å². The lowest BCUT2D eigenvalue weighted by molar-refractivity contribution is -0.136. The Morgan fingerprint density at radius 2 is 1.93 bits per heavy atom. The summed E-state index contributed by atoms with van der Waals surface area (Å²) in [6.45, 7) is 4.33. The molecule has 0 aromatic rings. The van der Waals surface area contributed by atoms with Gasteiger partial charge in [0.05, 0.1) is 6.54 Å². The normalized spacial score (nSPS) is 18.9. The van der Waals surface area contributed by atoms with Crippen LogP contribution in [0.1, 0.15) is 33.1 Å². The molecule has 9 nitrogen and oxygen atoms in total. The second-order valence-corrected chi connectivity index (χ2v) is 7.15. The molecule has 30 heavy (non-hydrogen) atoms. The van der Waals surface area contributed by atoms with Crippen molar-refractivity contribution < 1.29 is 14.4 Å². The molecule has 0 radical (unpaired) electrons. The summed E-state index contributed by atoms with van der Waals surface area (Å²) in [4.78, 5) is 43.8. The minimum atomic E-state index is -0.380. The van der Waals surface area contributed by atoms with Gasteiger partial charge in [-0.1, -0.05) is 13.0 Å². The third-order valence-corrected chi connectivity index (χ3v) is 5.03. The zero-order valence-corrected chi connectivity index (χ0v) is 18.0. The molecule has 0 saturated carbocycles. The fourth-order valence-electron chi connectivity index (χ4n) is 3.44. The Labute approximate surface area is 176 Å². The van der Waals surface area contributed by atoms with Gasteiger partial charge in [-0.25, -0.2) is 0 Å². The van der Waals surface area contributed by atoms with Gasteiger partial charge in [0, 0.05) is 43.2 Å². The molecule has 0 bridgehead atoms. The average Bonchev–Trinajstić information content (AvgIpc) is 2.94. The van der Waals surface area contributed by atoms with E-state index in [1.165, 1.54) is 13.1 Å². The maximum Gasteiger partial charge on any atom is 0.277 e. The van der Waals surface area contributed by atoms with Crippen LogP contribution in [0.3, 0.4) is 0 Å². The van der Waals surface area contributed by atoms with Crippen molar-refractivity contribution in [1.29, 1.82) is 0 Å². The molecule has 2 rings (SSSR count). The zero-order chi connectivity index (χ0) is 22.4. The molecule has 5 N–H and O–H groups in total. The molecule has 2 heterocycles. The molecule has 0 unspecified atom stereocenters. The number of allylic oxidation sites excluding steroid dienone is 4. The lowest BCUT2D eigenvalue weighted by Crippen LogP contribution is -2.41. The summed E-state index contributed by atoms with van der Waals surface area (Å²) in [5.74, 6) is -0.913. The molecule has 0 saturated heterocycles. The average molecular weight is 415 g/mol. The number of nitrogens with zero attached hydrogens (tertiary/aromatic N) is 3. The largest absolute Gasteiger partial charge is 0.398 e. The van der Waals surface area contributed by atoms with Crippen molar-refractivity contribution in [2.45, 2.75) is 33.1 Å². The first-order chi connectivity index (χ1) is 14.2. The molecule has 2 aliphatic heterocycles. The second-order valence-electron chi connectivity index (χ2n) is 7.15. The number of aliphatic imine (C=N–C) groups is 1. The van der Waals surface area contributed by atoms with Crippen LogP contribution in [0, 0.1) is 0 Å². The molecular formula is C21H30N6O3. The number of likely N-dealkylation sites (N-methyl/N-ethyl adjacent to an activating group) is 1. The number of carbonyl (C=O) groups is 3. The fraction of sp³-hybridized carbons (Fsp3) is 0.429. The number of nitrogens with two attached hydrogens (primary N) is 2. The number of hydrogen-bond acceptors (Lipinski definition) is 7. The van der Waals surface area contributed by atoms with Gasteiger partial charge in [-0.2, -0.15) is 0 Å². The van der Waals surface area contributed by atoms with E-state index in [0.717, 1.165) is 22.6 Å². The first-order valence-corrected chi connectivity index (χ1v) is 9.88. The highest BCUT2D eigenvalue weighted by molar-refractivity contribution is 6.19. The van der Waals surface area contributed by atoms with Crippen LogP contribution < -0.4 is 16.8 Å². The van der Waals surface area contributed by atoms with Crippen molar-refractivity contribution in [3.05, 3.63) is 46.6 Å². The van der Waals surface area contributed by atoms with Gasteiger partial charge in [0.2, 0.25) is 5.91 Å². The van der Waals surface area contributed by atoms with Crippen molar-refractivity contribution in [1.82, 2.24) is 15.1 Å². The van der Waals surface area contributed by atoms with Gasteiger partial charge in [-0.15, -0.1) is 0 Å². The Balaban J connectivity index is 2.06. The first-order valence-electron chi connectivity index (χ1n) is 9.88. The quantitative estimate of drug-likeness (QED) is 0.316. The topological polar surface area (TPSA) is 134 Å². The maximum atomic E-state index is 12.4. The van der Waals surface area contributed by atoms with Crippen LogP contribution in [0.2, 0.25) is 0 Å². The molecule has 3 amide bonds. The molecule has 162 valence electrons. The highest BCUT2D eigenvalue weighted by Gasteiger charge is 2.40. The summed E-state index contributed by atoms with van der Waals surface area (Å²) in [5, 5.41) is 2.59. The molecule has 0 atom stereocenters. The van der Waals surface area contributed by atoms with Gasteiger partial charge in [-0.3, -0.25) is 24.3 Å². The predicted octanol–water partition coefficient (Wildman–Crippen LogP) is 0.521. The van der Waals surface area contributed by atoms with E-state index in [-0.39, 0.29) is 30.1 Å². The third-order valence-electron chi connectivity index (χ3n) is 5.03. The molecule has 0 spiro atoms. The van der Waals surface area contributed by atoms with Crippen LogP contribution in [0.4, 0.5) is 0 Å². The van der Waals surface area contributed by atoms with Crippen LogP contribution in [0.25, 0.3) is 0 Å². The van der Waals surface area contributed by atoms with Gasteiger partial charge in [-0.05, 0) is 38.3 Å². The van der Waals surface area contributed by atoms with E-state index in [4.69, 9.17) is 11.5 Å². The van der Waals surface area contributed by atoms with Crippen LogP contribution in [0.5, 0.6) is 0 Å². The summed E-state index contributed by atoms with van der Waals surface area (Å²) in [6, 6.07) is 0. The summed E-state index contributed by atoms with van der Waals surface area (Å²) in [5.41, 5.74) is 14.9. The summed E-state index contributed by atoms with van der Waals surface area (Å²) >= 11 is 0. The van der Waals surface area contributed by atoms with Gasteiger partial charge < -0.3 is 21.7 Å². The van der Waals surface area contributed by atoms with E-state index in [0.29, 0.717) is 36.4 Å². The summed E-state index contributed by atoms with van der Waals surface area (Å²) < 4.78 is 0. The van der Waals surface area contributed by atoms with Crippen molar-refractivity contribution in [2.24, 2.45) is 16.5 Å². The minimum Gasteiger partial charge on any atom is -0.398 e. The standard InChI is InChI=1S/C21H30N6O3/c1-5-7-14(13(2)24-3)16(22)9-10-17(23)25-18(28)12-27-11-6-8-15-19(27)21(30)26(4)20(15)29/h7,9-10H,5-6,8,11-12,22-23H2,1-4H3,(H,25,28)/b14-7+,16-9-,17-10+,24-13?. The van der Waals surface area contributed by atoms with E-state index < -0.39 is 0 Å². The number of carbonyl (C=O) groups excluding carboxylic acids is 3. The van der Waals surface area contributed by atoms with Gasteiger partial charge in [0.1, 0.15) is 11.5 Å². The Bertz CT molecular complexity index is 894. The number of hydrogen-bond donors (Lipinski definition) is 3. The molecule has 0 fully saturated rings. The lowest BCUT2D eigenvalue weighted by Gasteiger charge is -2.28. The SMILES string of the molecule is CC/C=C(C(C)=NC)/C(N)=C/C=C(\N)NC(=O)CN1CCCC2=C1C(=O)N(C)C2=O. The number of rotatable bonds is 7. The minimum absolute atomic E-state index is 0.0674. The van der Waals surface area contributed by atoms with Crippen molar-refractivity contribution in [3.8, 4) is 0 Å². The third kappa shape index (κ3) is 4.97. The Morgan fingerprint density at radius 3 is 2.57 bits per heavy atom. The second kappa shape index (κ2) is 9.91. The number of nitrogens with one attached hydrogen (secondary N) is 1.